The Bertz CT molecular complexity index is 990. The summed E-state index contributed by atoms with van der Waals surface area (Å²) in [5.41, 5.74) is 1.88. The van der Waals surface area contributed by atoms with E-state index in [2.05, 4.69) is 15.6 Å². The molecule has 7 heteroatoms. The van der Waals surface area contributed by atoms with E-state index in [0.717, 1.165) is 5.69 Å². The monoisotopic (exact) mass is 381 g/mol. The van der Waals surface area contributed by atoms with E-state index in [1.807, 2.05) is 18.2 Å². The van der Waals surface area contributed by atoms with Gasteiger partial charge in [0, 0.05) is 17.4 Å². The Balaban J connectivity index is 1.56. The third kappa shape index (κ3) is 5.15. The van der Waals surface area contributed by atoms with Crippen LogP contribution >= 0.6 is 0 Å². The highest BCUT2D eigenvalue weighted by molar-refractivity contribution is 7.91. The summed E-state index contributed by atoms with van der Waals surface area (Å²) in [6, 6.07) is 20.4. The van der Waals surface area contributed by atoms with E-state index in [1.165, 1.54) is 0 Å². The Morgan fingerprint density at radius 3 is 2.26 bits per heavy atom. The van der Waals surface area contributed by atoms with E-state index in [0.29, 0.717) is 17.8 Å². The van der Waals surface area contributed by atoms with Crippen LogP contribution in [-0.2, 0) is 16.4 Å². The molecule has 0 unspecified atom stereocenters. The predicted octanol–water partition coefficient (Wildman–Crippen LogP) is 2.85. The molecule has 0 fully saturated rings. The van der Waals surface area contributed by atoms with Crippen LogP contribution in [0.1, 0.15) is 16.1 Å². The standard InChI is InChI=1S/C20H19N3O3S/c24-20(22-14-18-6-4-5-13-21-18)16-9-11-17(12-10-16)23-15-27(25,26)19-7-2-1-3-8-19/h1-13,23H,14-15H2,(H,22,24). The fourth-order valence-electron chi connectivity index (χ4n) is 2.40. The summed E-state index contributed by atoms with van der Waals surface area (Å²) < 4.78 is 24.5. The number of nitrogens with zero attached hydrogens (tertiary/aromatic N) is 1. The molecule has 1 aromatic heterocycles. The van der Waals surface area contributed by atoms with E-state index in [1.54, 1.807) is 60.8 Å². The first-order valence-corrected chi connectivity index (χ1v) is 10.00. The first kappa shape index (κ1) is 18.6. The van der Waals surface area contributed by atoms with Gasteiger partial charge in [0.2, 0.25) is 0 Å². The SMILES string of the molecule is O=C(NCc1ccccn1)c1ccc(NCS(=O)(=O)c2ccccc2)cc1. The van der Waals surface area contributed by atoms with Crippen molar-refractivity contribution >= 4 is 21.4 Å². The van der Waals surface area contributed by atoms with Gasteiger partial charge in [-0.15, -0.1) is 0 Å². The van der Waals surface area contributed by atoms with Gasteiger partial charge in [0.1, 0.15) is 5.88 Å². The molecule has 27 heavy (non-hydrogen) atoms. The molecule has 0 saturated carbocycles. The third-order valence-electron chi connectivity index (χ3n) is 3.87. The Kier molecular flexibility index (Phi) is 5.83. The average molecular weight is 381 g/mol. The van der Waals surface area contributed by atoms with E-state index < -0.39 is 9.84 Å². The smallest absolute Gasteiger partial charge is 0.251 e. The van der Waals surface area contributed by atoms with Gasteiger partial charge in [-0.3, -0.25) is 9.78 Å². The Hall–Kier alpha value is -3.19. The van der Waals surface area contributed by atoms with Gasteiger partial charge in [0.25, 0.3) is 5.91 Å². The number of hydrogen-bond donors (Lipinski definition) is 2. The van der Waals surface area contributed by atoms with Crippen molar-refractivity contribution in [2.45, 2.75) is 11.4 Å². The first-order chi connectivity index (χ1) is 13.0. The molecule has 138 valence electrons. The summed E-state index contributed by atoms with van der Waals surface area (Å²) >= 11 is 0. The minimum Gasteiger partial charge on any atom is -0.371 e. The number of carbonyl (C=O) groups excluding carboxylic acids is 1. The molecule has 3 rings (SSSR count). The van der Waals surface area contributed by atoms with Crippen molar-refractivity contribution in [1.29, 1.82) is 0 Å². The zero-order valence-electron chi connectivity index (χ0n) is 14.5. The molecule has 0 aliphatic heterocycles. The molecule has 1 heterocycles. The van der Waals surface area contributed by atoms with Crippen LogP contribution < -0.4 is 10.6 Å². The lowest BCUT2D eigenvalue weighted by molar-refractivity contribution is 0.0950. The van der Waals surface area contributed by atoms with Crippen LogP contribution in [0.4, 0.5) is 5.69 Å². The lowest BCUT2D eigenvalue weighted by Crippen LogP contribution is -2.23. The second kappa shape index (κ2) is 8.46. The van der Waals surface area contributed by atoms with E-state index in [-0.39, 0.29) is 16.7 Å². The largest absolute Gasteiger partial charge is 0.371 e. The molecule has 0 aliphatic rings. The Morgan fingerprint density at radius 2 is 1.59 bits per heavy atom. The molecule has 0 radical (unpaired) electrons. The molecule has 0 aliphatic carbocycles. The fourth-order valence-corrected chi connectivity index (χ4v) is 3.50. The van der Waals surface area contributed by atoms with Gasteiger partial charge in [-0.1, -0.05) is 24.3 Å². The molecule has 1 amide bonds. The molecule has 0 atom stereocenters. The van der Waals surface area contributed by atoms with Crippen molar-refractivity contribution < 1.29 is 13.2 Å². The highest BCUT2D eigenvalue weighted by Crippen LogP contribution is 2.14. The zero-order valence-corrected chi connectivity index (χ0v) is 15.3. The maximum atomic E-state index is 12.3. The number of carbonyl (C=O) groups is 1. The molecule has 2 N–H and O–H groups in total. The second-order valence-electron chi connectivity index (χ2n) is 5.83. The van der Waals surface area contributed by atoms with Crippen molar-refractivity contribution in [3.8, 4) is 0 Å². The maximum Gasteiger partial charge on any atom is 0.251 e. The van der Waals surface area contributed by atoms with Crippen molar-refractivity contribution in [3.05, 3.63) is 90.3 Å². The summed E-state index contributed by atoms with van der Waals surface area (Å²) in [5, 5.41) is 5.67. The van der Waals surface area contributed by atoms with Crippen LogP contribution in [0, 0.1) is 0 Å². The number of amides is 1. The minimum atomic E-state index is -3.42. The normalized spacial score (nSPS) is 11.0. The van der Waals surface area contributed by atoms with Crippen molar-refractivity contribution in [3.63, 3.8) is 0 Å². The molecular weight excluding hydrogens is 362 g/mol. The maximum absolute atomic E-state index is 12.3. The number of aromatic nitrogens is 1. The Morgan fingerprint density at radius 1 is 0.889 bits per heavy atom. The highest BCUT2D eigenvalue weighted by atomic mass is 32.2. The van der Waals surface area contributed by atoms with E-state index >= 15 is 0 Å². The number of hydrogen-bond acceptors (Lipinski definition) is 5. The van der Waals surface area contributed by atoms with Gasteiger partial charge in [0.15, 0.2) is 9.84 Å². The summed E-state index contributed by atoms with van der Waals surface area (Å²) in [7, 11) is -3.42. The van der Waals surface area contributed by atoms with Crippen LogP contribution in [0.15, 0.2) is 83.9 Å². The van der Waals surface area contributed by atoms with Gasteiger partial charge >= 0.3 is 0 Å². The molecule has 0 bridgehead atoms. The van der Waals surface area contributed by atoms with E-state index in [9.17, 15) is 13.2 Å². The number of nitrogens with one attached hydrogen (secondary N) is 2. The lowest BCUT2D eigenvalue weighted by Gasteiger charge is -2.09. The molecule has 0 saturated heterocycles. The summed E-state index contributed by atoms with van der Waals surface area (Å²) in [6.45, 7) is 0.342. The molecule has 0 spiro atoms. The third-order valence-corrected chi connectivity index (χ3v) is 5.39. The van der Waals surface area contributed by atoms with Crippen LogP contribution in [0.3, 0.4) is 0 Å². The number of benzene rings is 2. The van der Waals surface area contributed by atoms with Crippen LogP contribution in [0.25, 0.3) is 0 Å². The zero-order chi connectivity index (χ0) is 19.1. The van der Waals surface area contributed by atoms with Gasteiger partial charge in [0.05, 0.1) is 17.1 Å². The number of rotatable bonds is 7. The van der Waals surface area contributed by atoms with Crippen molar-refractivity contribution in [2.75, 3.05) is 11.2 Å². The van der Waals surface area contributed by atoms with Gasteiger partial charge in [-0.05, 0) is 48.5 Å². The fraction of sp³-hybridized carbons (Fsp3) is 0.100. The first-order valence-electron chi connectivity index (χ1n) is 8.34. The quantitative estimate of drug-likeness (QED) is 0.657. The lowest BCUT2D eigenvalue weighted by atomic mass is 10.2. The molecule has 6 nitrogen and oxygen atoms in total. The summed E-state index contributed by atoms with van der Waals surface area (Å²) in [5.74, 6) is -0.438. The number of pyridine rings is 1. The predicted molar refractivity (Wildman–Crippen MR) is 104 cm³/mol. The van der Waals surface area contributed by atoms with Crippen LogP contribution in [0.5, 0.6) is 0 Å². The topological polar surface area (TPSA) is 88.2 Å². The van der Waals surface area contributed by atoms with Crippen LogP contribution in [0.2, 0.25) is 0 Å². The van der Waals surface area contributed by atoms with Crippen LogP contribution in [-0.4, -0.2) is 25.2 Å². The Labute approximate surface area is 158 Å². The number of anilines is 1. The summed E-state index contributed by atoms with van der Waals surface area (Å²) in [4.78, 5) is 16.6. The highest BCUT2D eigenvalue weighted by Gasteiger charge is 2.13. The number of sulfone groups is 1. The molecule has 2 aromatic carbocycles. The van der Waals surface area contributed by atoms with Crippen molar-refractivity contribution in [2.24, 2.45) is 0 Å². The van der Waals surface area contributed by atoms with E-state index in [4.69, 9.17) is 0 Å². The van der Waals surface area contributed by atoms with Crippen molar-refractivity contribution in [1.82, 2.24) is 10.3 Å². The van der Waals surface area contributed by atoms with Gasteiger partial charge in [-0.2, -0.15) is 0 Å². The average Bonchev–Trinajstić information content (AvgIpc) is 2.72. The second-order valence-corrected chi connectivity index (χ2v) is 7.82. The van der Waals surface area contributed by atoms with Gasteiger partial charge < -0.3 is 10.6 Å². The van der Waals surface area contributed by atoms with Gasteiger partial charge in [-0.25, -0.2) is 8.42 Å². The molecule has 3 aromatic rings. The summed E-state index contributed by atoms with van der Waals surface area (Å²) in [6.07, 6.45) is 1.67. The molecular formula is C20H19N3O3S. The minimum absolute atomic E-state index is 0.218.